The smallest absolute Gasteiger partial charge is 0.222 e. The third-order valence-corrected chi connectivity index (χ3v) is 5.35. The molecule has 2 atom stereocenters. The zero-order valence-corrected chi connectivity index (χ0v) is 13.1. The zero-order valence-electron chi connectivity index (χ0n) is 11.5. The van der Waals surface area contributed by atoms with Gasteiger partial charge in [-0.05, 0) is 17.4 Å². The Bertz CT molecular complexity index is 402. The van der Waals surface area contributed by atoms with Gasteiger partial charge in [0.15, 0.2) is 0 Å². The average molecular weight is 312 g/mol. The maximum absolute atomic E-state index is 11.9. The molecular formula is C15H22BrNO. The minimum atomic E-state index is -0.408. The lowest BCUT2D eigenvalue weighted by Crippen LogP contribution is -2.45. The Morgan fingerprint density at radius 1 is 1.17 bits per heavy atom. The van der Waals surface area contributed by atoms with Crippen molar-refractivity contribution >= 4 is 21.8 Å². The third-order valence-electron chi connectivity index (χ3n) is 3.48. The summed E-state index contributed by atoms with van der Waals surface area (Å²) in [6.45, 7) is 8.30. The fourth-order valence-electron chi connectivity index (χ4n) is 2.59. The highest BCUT2D eigenvalue weighted by Gasteiger charge is 2.45. The van der Waals surface area contributed by atoms with Crippen molar-refractivity contribution in [3.8, 4) is 0 Å². The van der Waals surface area contributed by atoms with Crippen LogP contribution < -0.4 is 5.73 Å². The molecule has 2 unspecified atom stereocenters. The van der Waals surface area contributed by atoms with E-state index in [2.05, 4.69) is 29.8 Å². The van der Waals surface area contributed by atoms with E-state index in [9.17, 15) is 4.79 Å². The molecule has 1 amide bonds. The summed E-state index contributed by atoms with van der Waals surface area (Å²) in [4.78, 5) is 11.9. The maximum atomic E-state index is 11.9. The molecule has 0 heterocycles. The monoisotopic (exact) mass is 311 g/mol. The molecule has 18 heavy (non-hydrogen) atoms. The van der Waals surface area contributed by atoms with Gasteiger partial charge in [-0.3, -0.25) is 4.79 Å². The number of benzene rings is 1. The van der Waals surface area contributed by atoms with E-state index in [1.807, 2.05) is 44.2 Å². The Labute approximate surface area is 118 Å². The van der Waals surface area contributed by atoms with Gasteiger partial charge in [-0.2, -0.15) is 0 Å². The van der Waals surface area contributed by atoms with Crippen molar-refractivity contribution in [3.63, 3.8) is 0 Å². The predicted molar refractivity (Wildman–Crippen MR) is 79.4 cm³/mol. The average Bonchev–Trinajstić information content (AvgIpc) is 2.28. The van der Waals surface area contributed by atoms with Gasteiger partial charge in [0.05, 0.1) is 10.2 Å². The molecule has 0 saturated carbocycles. The largest absolute Gasteiger partial charge is 0.369 e. The van der Waals surface area contributed by atoms with Crippen LogP contribution in [0.5, 0.6) is 0 Å². The molecule has 1 aromatic carbocycles. The van der Waals surface area contributed by atoms with Crippen LogP contribution in [0, 0.1) is 17.8 Å². The first kappa shape index (κ1) is 15.2. The third kappa shape index (κ3) is 2.77. The van der Waals surface area contributed by atoms with Crippen LogP contribution in [0.15, 0.2) is 30.3 Å². The van der Waals surface area contributed by atoms with Crippen LogP contribution in [0.3, 0.4) is 0 Å². The van der Waals surface area contributed by atoms with Crippen molar-refractivity contribution in [2.45, 2.75) is 32.0 Å². The first-order valence-electron chi connectivity index (χ1n) is 6.35. The minimum absolute atomic E-state index is 0.185. The number of hydrogen-bond donors (Lipinski definition) is 1. The highest BCUT2D eigenvalue weighted by molar-refractivity contribution is 9.09. The van der Waals surface area contributed by atoms with E-state index in [0.29, 0.717) is 0 Å². The molecule has 0 aromatic heterocycles. The number of amides is 1. The molecule has 0 spiro atoms. The molecule has 0 aliphatic carbocycles. The van der Waals surface area contributed by atoms with Crippen molar-refractivity contribution in [1.29, 1.82) is 0 Å². The molecule has 0 fully saturated rings. The SMILES string of the molecule is CC(C)C(C(N)=O)C(Br)(c1ccccc1)C(C)C. The summed E-state index contributed by atoms with van der Waals surface area (Å²) in [6, 6.07) is 10.1. The molecule has 3 heteroatoms. The van der Waals surface area contributed by atoms with Gasteiger partial charge in [0.25, 0.3) is 0 Å². The topological polar surface area (TPSA) is 43.1 Å². The van der Waals surface area contributed by atoms with Gasteiger partial charge in [-0.1, -0.05) is 74.0 Å². The van der Waals surface area contributed by atoms with Crippen LogP contribution in [-0.4, -0.2) is 5.91 Å². The number of primary amides is 1. The minimum Gasteiger partial charge on any atom is -0.369 e. The van der Waals surface area contributed by atoms with Crippen molar-refractivity contribution in [1.82, 2.24) is 0 Å². The van der Waals surface area contributed by atoms with Gasteiger partial charge in [0.1, 0.15) is 0 Å². The van der Waals surface area contributed by atoms with Gasteiger partial charge in [0, 0.05) is 0 Å². The van der Waals surface area contributed by atoms with Crippen molar-refractivity contribution in [2.75, 3.05) is 0 Å². The molecule has 1 rings (SSSR count). The van der Waals surface area contributed by atoms with E-state index in [1.165, 1.54) is 0 Å². The molecule has 1 aromatic rings. The van der Waals surface area contributed by atoms with Crippen LogP contribution >= 0.6 is 15.9 Å². The second kappa shape index (κ2) is 5.87. The second-order valence-corrected chi connectivity index (χ2v) is 6.73. The molecule has 2 nitrogen and oxygen atoms in total. The molecular weight excluding hydrogens is 290 g/mol. The fourth-order valence-corrected chi connectivity index (χ4v) is 3.60. The molecule has 0 aliphatic rings. The lowest BCUT2D eigenvalue weighted by Gasteiger charge is -2.40. The molecule has 100 valence electrons. The Hall–Kier alpha value is -0.830. The normalized spacial score (nSPS) is 16.6. The number of nitrogens with two attached hydrogens (primary N) is 1. The first-order valence-corrected chi connectivity index (χ1v) is 7.14. The van der Waals surface area contributed by atoms with Crippen molar-refractivity contribution in [3.05, 3.63) is 35.9 Å². The highest BCUT2D eigenvalue weighted by atomic mass is 79.9. The van der Waals surface area contributed by atoms with E-state index in [0.717, 1.165) is 5.56 Å². The van der Waals surface area contributed by atoms with Gasteiger partial charge in [0.2, 0.25) is 5.91 Å². The molecule has 2 N–H and O–H groups in total. The number of halogens is 1. The van der Waals surface area contributed by atoms with Gasteiger partial charge >= 0.3 is 0 Å². The molecule has 0 saturated heterocycles. The number of rotatable bonds is 5. The van der Waals surface area contributed by atoms with Crippen molar-refractivity contribution < 1.29 is 4.79 Å². The molecule has 0 radical (unpaired) electrons. The van der Waals surface area contributed by atoms with E-state index < -0.39 is 4.32 Å². The summed E-state index contributed by atoms with van der Waals surface area (Å²) in [5.41, 5.74) is 6.74. The summed E-state index contributed by atoms with van der Waals surface area (Å²) in [5, 5.41) is 0. The Kier molecular flexibility index (Phi) is 4.97. The number of hydrogen-bond acceptors (Lipinski definition) is 1. The zero-order chi connectivity index (χ0) is 13.9. The summed E-state index contributed by atoms with van der Waals surface area (Å²) in [5.74, 6) is -0.0383. The fraction of sp³-hybridized carbons (Fsp3) is 0.533. The summed E-state index contributed by atoms with van der Waals surface area (Å²) >= 11 is 3.82. The van der Waals surface area contributed by atoms with Crippen LogP contribution in [0.1, 0.15) is 33.3 Å². The van der Waals surface area contributed by atoms with Crippen LogP contribution in [0.2, 0.25) is 0 Å². The van der Waals surface area contributed by atoms with E-state index in [4.69, 9.17) is 5.73 Å². The van der Waals surface area contributed by atoms with Gasteiger partial charge in [-0.25, -0.2) is 0 Å². The second-order valence-electron chi connectivity index (χ2n) is 5.41. The van der Waals surface area contributed by atoms with Crippen molar-refractivity contribution in [2.24, 2.45) is 23.5 Å². The van der Waals surface area contributed by atoms with E-state index in [-0.39, 0.29) is 23.7 Å². The van der Waals surface area contributed by atoms with Crippen LogP contribution in [0.25, 0.3) is 0 Å². The summed E-state index contributed by atoms with van der Waals surface area (Å²) in [7, 11) is 0. The Balaban J connectivity index is 3.35. The van der Waals surface area contributed by atoms with E-state index in [1.54, 1.807) is 0 Å². The van der Waals surface area contributed by atoms with Crippen LogP contribution in [-0.2, 0) is 9.12 Å². The number of carbonyl (C=O) groups is 1. The van der Waals surface area contributed by atoms with Crippen LogP contribution in [0.4, 0.5) is 0 Å². The molecule has 0 bridgehead atoms. The molecule has 0 aliphatic heterocycles. The lowest BCUT2D eigenvalue weighted by molar-refractivity contribution is -0.124. The Morgan fingerprint density at radius 2 is 1.67 bits per heavy atom. The Morgan fingerprint density at radius 3 is 2.00 bits per heavy atom. The lowest BCUT2D eigenvalue weighted by atomic mass is 9.73. The summed E-state index contributed by atoms with van der Waals surface area (Å²) in [6.07, 6.45) is 0. The van der Waals surface area contributed by atoms with Gasteiger partial charge < -0.3 is 5.73 Å². The number of alkyl halides is 1. The summed E-state index contributed by atoms with van der Waals surface area (Å²) < 4.78 is -0.408. The standard InChI is InChI=1S/C15H22BrNO/c1-10(2)13(14(17)18)15(16,11(3)4)12-8-6-5-7-9-12/h5-11,13H,1-4H3,(H2,17,18). The quantitative estimate of drug-likeness (QED) is 0.828. The van der Waals surface area contributed by atoms with Gasteiger partial charge in [-0.15, -0.1) is 0 Å². The predicted octanol–water partition coefficient (Wildman–Crippen LogP) is 3.69. The highest BCUT2D eigenvalue weighted by Crippen LogP contribution is 2.47. The number of carbonyl (C=O) groups excluding carboxylic acids is 1. The van der Waals surface area contributed by atoms with E-state index >= 15 is 0 Å². The first-order chi connectivity index (χ1) is 8.31. The maximum Gasteiger partial charge on any atom is 0.222 e.